The van der Waals surface area contributed by atoms with E-state index >= 15 is 0 Å². The van der Waals surface area contributed by atoms with Gasteiger partial charge in [0.15, 0.2) is 23.1 Å². The van der Waals surface area contributed by atoms with Crippen molar-refractivity contribution in [1.29, 1.82) is 0 Å². The van der Waals surface area contributed by atoms with E-state index in [0.29, 0.717) is 29.4 Å². The Hall–Kier alpha value is -3.23. The number of aromatic nitrogens is 4. The van der Waals surface area contributed by atoms with Crippen LogP contribution in [0.15, 0.2) is 6.33 Å². The van der Waals surface area contributed by atoms with Gasteiger partial charge in [-0.1, -0.05) is 70.6 Å². The number of carbonyl (C=O) groups is 3. The van der Waals surface area contributed by atoms with Gasteiger partial charge >= 0.3 is 11.9 Å². The molecular formula is C39H54ClN5O6. The number of nitrogens with one attached hydrogen (secondary N) is 1. The first kappa shape index (κ1) is 37.5. The van der Waals surface area contributed by atoms with E-state index in [9.17, 15) is 14.4 Å². The zero-order chi connectivity index (χ0) is 35.8. The third-order valence-corrected chi connectivity index (χ3v) is 12.2. The average Bonchev–Trinajstić information content (AvgIpc) is 3.73. The molecule has 1 N–H and O–H groups in total. The Morgan fingerprint density at radius 1 is 1.02 bits per heavy atom. The van der Waals surface area contributed by atoms with Gasteiger partial charge in [-0.3, -0.25) is 14.4 Å². The van der Waals surface area contributed by atoms with Crippen LogP contribution in [0.4, 0.5) is 5.82 Å². The maximum atomic E-state index is 13.6. The van der Waals surface area contributed by atoms with Crippen molar-refractivity contribution in [3.8, 4) is 12.3 Å². The molecule has 4 aliphatic carbocycles. The van der Waals surface area contributed by atoms with Crippen LogP contribution < -0.4 is 5.32 Å². The number of anilines is 1. The molecule has 1 unspecified atom stereocenters. The molecule has 1 aliphatic heterocycles. The van der Waals surface area contributed by atoms with Crippen LogP contribution >= 0.6 is 11.6 Å². The van der Waals surface area contributed by atoms with E-state index in [2.05, 4.69) is 33.1 Å². The summed E-state index contributed by atoms with van der Waals surface area (Å²) in [6, 6.07) is -0.664. The Morgan fingerprint density at radius 3 is 2.49 bits per heavy atom. The van der Waals surface area contributed by atoms with E-state index in [1.807, 2.05) is 0 Å². The van der Waals surface area contributed by atoms with Crippen molar-refractivity contribution < 1.29 is 28.6 Å². The maximum absolute atomic E-state index is 13.6. The number of terminal acetylenes is 1. The predicted octanol–water partition coefficient (Wildman–Crippen LogP) is 7.90. The van der Waals surface area contributed by atoms with Crippen LogP contribution in [0.2, 0.25) is 5.28 Å². The first-order valence-corrected chi connectivity index (χ1v) is 19.8. The highest BCUT2D eigenvalue weighted by Crippen LogP contribution is 2.51. The monoisotopic (exact) mass is 723 g/mol. The van der Waals surface area contributed by atoms with Crippen molar-refractivity contribution in [3.05, 3.63) is 11.6 Å². The predicted molar refractivity (Wildman–Crippen MR) is 194 cm³/mol. The van der Waals surface area contributed by atoms with Gasteiger partial charge in [-0.2, -0.15) is 9.97 Å². The second kappa shape index (κ2) is 17.1. The number of carbonyl (C=O) groups excluding carboxylic acids is 3. The molecule has 278 valence electrons. The lowest BCUT2D eigenvalue weighted by Gasteiger charge is -2.44. The van der Waals surface area contributed by atoms with E-state index in [1.54, 1.807) is 10.9 Å². The summed E-state index contributed by atoms with van der Waals surface area (Å²) in [4.78, 5) is 53.3. The molecule has 0 radical (unpaired) electrons. The van der Waals surface area contributed by atoms with Gasteiger partial charge in [0.05, 0.1) is 18.3 Å². The number of amides is 1. The lowest BCUT2D eigenvalue weighted by Crippen LogP contribution is -2.49. The fourth-order valence-electron chi connectivity index (χ4n) is 8.80. The molecule has 2 aromatic rings. The number of nitrogens with zero attached hydrogens (tertiary/aromatic N) is 4. The lowest BCUT2D eigenvalue weighted by atomic mass is 9.61. The van der Waals surface area contributed by atoms with E-state index < -0.39 is 23.2 Å². The van der Waals surface area contributed by atoms with Crippen LogP contribution in [-0.2, 0) is 28.6 Å². The second-order valence-electron chi connectivity index (χ2n) is 15.4. The minimum absolute atomic E-state index is 0.0428. The van der Waals surface area contributed by atoms with E-state index in [-0.39, 0.29) is 48.6 Å². The Morgan fingerprint density at radius 2 is 1.76 bits per heavy atom. The molecule has 3 heterocycles. The molecule has 2 aromatic heterocycles. The third kappa shape index (κ3) is 8.71. The van der Waals surface area contributed by atoms with Gasteiger partial charge in [-0.15, -0.1) is 6.42 Å². The summed E-state index contributed by atoms with van der Waals surface area (Å²) in [5.41, 5.74) is -1.33. The van der Waals surface area contributed by atoms with Gasteiger partial charge in [0.25, 0.3) is 0 Å². The van der Waals surface area contributed by atoms with Crippen molar-refractivity contribution in [2.75, 3.05) is 18.5 Å². The number of unbranched alkanes of at least 4 members (excludes halogenated alkanes) is 4. The van der Waals surface area contributed by atoms with Crippen molar-refractivity contribution in [2.45, 2.75) is 153 Å². The first-order valence-electron chi connectivity index (χ1n) is 19.4. The number of halogens is 1. The Kier molecular flexibility index (Phi) is 12.6. The Bertz CT molecular complexity index is 1560. The SMILES string of the molecule is C#C[C@]1(COC(=O)C23CCC(CC2)CC3)OCC(n2cnc3c(NC(=O)CCCCCCC)nc(Cl)nc32)[C@@H]1OC(=O)CCCC1CCCCC1. The molecule has 1 saturated heterocycles. The van der Waals surface area contributed by atoms with Crippen molar-refractivity contribution in [2.24, 2.45) is 17.3 Å². The summed E-state index contributed by atoms with van der Waals surface area (Å²) < 4.78 is 20.3. The van der Waals surface area contributed by atoms with Crippen LogP contribution in [0.1, 0.15) is 141 Å². The summed E-state index contributed by atoms with van der Waals surface area (Å²) in [5, 5.41) is 2.79. The fraction of sp³-hybridized carbons (Fsp3) is 0.744. The zero-order valence-electron chi connectivity index (χ0n) is 30.1. The van der Waals surface area contributed by atoms with Crippen molar-refractivity contribution in [1.82, 2.24) is 19.5 Å². The summed E-state index contributed by atoms with van der Waals surface area (Å²) in [5.74, 6) is 3.47. The number of rotatable bonds is 16. The number of imidazole rings is 1. The minimum atomic E-state index is -1.52. The maximum Gasteiger partial charge on any atom is 0.312 e. The molecule has 12 heteroatoms. The third-order valence-electron chi connectivity index (χ3n) is 12.0. The quantitative estimate of drug-likeness (QED) is 0.0794. The topological polar surface area (TPSA) is 135 Å². The molecule has 2 bridgehead atoms. The first-order chi connectivity index (χ1) is 24.8. The van der Waals surface area contributed by atoms with E-state index in [0.717, 1.165) is 83.5 Å². The summed E-state index contributed by atoms with van der Waals surface area (Å²) >= 11 is 6.40. The van der Waals surface area contributed by atoms with Crippen molar-refractivity contribution >= 4 is 46.4 Å². The molecule has 4 saturated carbocycles. The molecule has 7 rings (SSSR count). The molecular weight excluding hydrogens is 670 g/mol. The van der Waals surface area contributed by atoms with Crippen LogP contribution in [0.3, 0.4) is 0 Å². The van der Waals surface area contributed by atoms with Crippen LogP contribution in [0.25, 0.3) is 11.2 Å². The van der Waals surface area contributed by atoms with Gasteiger partial charge in [0.2, 0.25) is 16.8 Å². The number of esters is 2. The standard InChI is InChI=1S/C39H54ClN5O6/c1-3-5-6-7-11-16-30(46)42-34-32-35(44-37(40)43-34)45(26-41-32)29-24-50-39(4-2,25-49-36(48)38-21-18-28(19-22-38)20-23-38)33(29)51-31(47)17-12-15-27-13-9-8-10-14-27/h2,26-29,33H,3,5-25H2,1H3,(H,42,43,44,46)/t28?,29?,33-,38?,39+/m0/s1. The van der Waals surface area contributed by atoms with Gasteiger partial charge in [0.1, 0.15) is 12.6 Å². The Labute approximate surface area is 306 Å². The van der Waals surface area contributed by atoms with Crippen molar-refractivity contribution in [3.63, 3.8) is 0 Å². The fourth-order valence-corrected chi connectivity index (χ4v) is 8.96. The van der Waals surface area contributed by atoms with Gasteiger partial charge in [-0.05, 0) is 81.2 Å². The van der Waals surface area contributed by atoms with Crippen LogP contribution in [0.5, 0.6) is 0 Å². The molecule has 11 nitrogen and oxygen atoms in total. The van der Waals surface area contributed by atoms with Crippen LogP contribution in [0, 0.1) is 29.6 Å². The average molecular weight is 724 g/mol. The van der Waals surface area contributed by atoms with E-state index in [4.69, 9.17) is 32.2 Å². The molecule has 1 amide bonds. The smallest absolute Gasteiger partial charge is 0.312 e. The number of fused-ring (bicyclic) bond motifs is 4. The van der Waals surface area contributed by atoms with Gasteiger partial charge < -0.3 is 24.1 Å². The van der Waals surface area contributed by atoms with Gasteiger partial charge in [-0.25, -0.2) is 4.98 Å². The van der Waals surface area contributed by atoms with Crippen LogP contribution in [-0.4, -0.2) is 62.3 Å². The Balaban J connectivity index is 1.21. The molecule has 0 aromatic carbocycles. The second-order valence-corrected chi connectivity index (χ2v) is 15.8. The molecule has 3 atom stereocenters. The largest absolute Gasteiger partial charge is 0.461 e. The zero-order valence-corrected chi connectivity index (χ0v) is 30.9. The summed E-state index contributed by atoms with van der Waals surface area (Å²) in [7, 11) is 0. The summed E-state index contributed by atoms with van der Waals surface area (Å²) in [6.45, 7) is 1.95. The molecule has 51 heavy (non-hydrogen) atoms. The molecule has 5 aliphatic rings. The highest BCUT2D eigenvalue weighted by Gasteiger charge is 2.55. The lowest BCUT2D eigenvalue weighted by molar-refractivity contribution is -0.175. The molecule has 5 fully saturated rings. The number of hydrogen-bond acceptors (Lipinski definition) is 9. The normalized spacial score (nSPS) is 27.7. The highest BCUT2D eigenvalue weighted by molar-refractivity contribution is 6.28. The minimum Gasteiger partial charge on any atom is -0.461 e. The summed E-state index contributed by atoms with van der Waals surface area (Å²) in [6.07, 6.45) is 25.9. The number of hydrogen-bond donors (Lipinski definition) is 1. The van der Waals surface area contributed by atoms with E-state index in [1.165, 1.54) is 32.1 Å². The van der Waals surface area contributed by atoms with Gasteiger partial charge in [0, 0.05) is 12.8 Å². The molecule has 0 spiro atoms. The highest BCUT2D eigenvalue weighted by atomic mass is 35.5. The number of ether oxygens (including phenoxy) is 3.